The van der Waals surface area contributed by atoms with E-state index in [2.05, 4.69) is 10.4 Å². The van der Waals surface area contributed by atoms with Gasteiger partial charge in [0.05, 0.1) is 34.4 Å². The first-order valence-electron chi connectivity index (χ1n) is 9.44. The number of aromatic nitrogens is 2. The number of nitrogens with zero attached hydrogens (tertiary/aromatic N) is 3. The topological polar surface area (TPSA) is 162 Å². The zero-order valence-corrected chi connectivity index (χ0v) is 17.5. The normalized spacial score (nSPS) is 24.2. The molecule has 1 aliphatic heterocycles. The highest BCUT2D eigenvalue weighted by Crippen LogP contribution is 2.68. The molecule has 0 spiro atoms. The van der Waals surface area contributed by atoms with Crippen molar-refractivity contribution in [2.75, 3.05) is 25.0 Å². The number of aryl methyl sites for hydroxylation is 2. The van der Waals surface area contributed by atoms with Gasteiger partial charge in [0.25, 0.3) is 0 Å². The molecule has 2 heterocycles. The minimum absolute atomic E-state index is 0.0414. The van der Waals surface area contributed by atoms with Gasteiger partial charge in [-0.2, -0.15) is 18.3 Å². The van der Waals surface area contributed by atoms with Gasteiger partial charge in [-0.3, -0.25) is 24.0 Å². The van der Waals surface area contributed by atoms with Gasteiger partial charge in [0, 0.05) is 19.6 Å². The molecule has 3 rings (SSSR count). The van der Waals surface area contributed by atoms with Crippen LogP contribution >= 0.6 is 0 Å². The van der Waals surface area contributed by atoms with Gasteiger partial charge in [-0.25, -0.2) is 4.79 Å². The SMILES string of the molecule is CCn1nc(C)c(NC(=O)CN2C[C@@]3(C(=O)O)C[C@@]3(C(=O)O)C2)c1C.O=C(O)C(F)(F)F. The van der Waals surface area contributed by atoms with E-state index >= 15 is 0 Å². The standard InChI is InChI=1S/C16H22N4O5.C2HF3O2/c1-4-20-10(3)12(9(2)18-20)17-11(21)5-19-7-15(13(22)23)6-16(15,8-19)14(24)25;3-2(4,5)1(6)7/h4-8H2,1-3H3,(H,17,21)(H,22,23)(H,24,25);(H,6,7)/t15-,16+;. The number of hydrogen-bond acceptors (Lipinski definition) is 6. The van der Waals surface area contributed by atoms with E-state index in [9.17, 15) is 37.8 Å². The molecule has 0 unspecified atom stereocenters. The molecule has 11 nitrogen and oxygen atoms in total. The average molecular weight is 464 g/mol. The fourth-order valence-corrected chi connectivity index (χ4v) is 4.08. The maximum absolute atomic E-state index is 12.4. The maximum Gasteiger partial charge on any atom is 0.490 e. The Morgan fingerprint density at radius 2 is 1.53 bits per heavy atom. The summed E-state index contributed by atoms with van der Waals surface area (Å²) in [6, 6.07) is 0. The van der Waals surface area contributed by atoms with Crippen LogP contribution in [0.4, 0.5) is 18.9 Å². The molecule has 0 radical (unpaired) electrons. The van der Waals surface area contributed by atoms with Crippen LogP contribution in [0.2, 0.25) is 0 Å². The van der Waals surface area contributed by atoms with Crippen molar-refractivity contribution >= 4 is 29.5 Å². The highest BCUT2D eigenvalue weighted by atomic mass is 19.4. The molecule has 4 N–H and O–H groups in total. The van der Waals surface area contributed by atoms with E-state index in [0.717, 1.165) is 5.69 Å². The molecule has 0 bridgehead atoms. The number of carbonyl (C=O) groups excluding carboxylic acids is 1. The third-order valence-corrected chi connectivity index (χ3v) is 5.76. The lowest BCUT2D eigenvalue weighted by Gasteiger charge is -2.19. The highest BCUT2D eigenvalue weighted by Gasteiger charge is 2.80. The number of nitrogens with one attached hydrogen (secondary N) is 1. The Morgan fingerprint density at radius 1 is 1.06 bits per heavy atom. The van der Waals surface area contributed by atoms with Crippen molar-refractivity contribution in [1.82, 2.24) is 14.7 Å². The zero-order chi connectivity index (χ0) is 24.6. The van der Waals surface area contributed by atoms with Crippen molar-refractivity contribution in [1.29, 1.82) is 0 Å². The molecule has 2 fully saturated rings. The van der Waals surface area contributed by atoms with E-state index in [1.807, 2.05) is 13.8 Å². The summed E-state index contributed by atoms with van der Waals surface area (Å²) >= 11 is 0. The molecular weight excluding hydrogens is 441 g/mol. The summed E-state index contributed by atoms with van der Waals surface area (Å²) in [6.45, 7) is 6.43. The molecule has 1 amide bonds. The second-order valence-electron chi connectivity index (χ2n) is 7.81. The molecule has 1 aromatic heterocycles. The molecule has 1 saturated heterocycles. The summed E-state index contributed by atoms with van der Waals surface area (Å²) < 4.78 is 33.5. The van der Waals surface area contributed by atoms with Gasteiger partial charge in [-0.05, 0) is 27.2 Å². The maximum atomic E-state index is 12.4. The largest absolute Gasteiger partial charge is 0.490 e. The number of rotatable bonds is 6. The summed E-state index contributed by atoms with van der Waals surface area (Å²) in [7, 11) is 0. The molecule has 14 heteroatoms. The van der Waals surface area contributed by atoms with E-state index in [1.165, 1.54) is 0 Å². The second kappa shape index (κ2) is 8.41. The summed E-state index contributed by atoms with van der Waals surface area (Å²) in [6.07, 6.45) is -4.95. The van der Waals surface area contributed by atoms with E-state index in [1.54, 1.807) is 16.5 Å². The van der Waals surface area contributed by atoms with E-state index < -0.39 is 34.9 Å². The quantitative estimate of drug-likeness (QED) is 0.480. The van der Waals surface area contributed by atoms with Crippen molar-refractivity contribution in [3.05, 3.63) is 11.4 Å². The number of carboxylic acids is 3. The molecule has 1 aromatic rings. The van der Waals surface area contributed by atoms with Crippen LogP contribution in [-0.4, -0.2) is 79.6 Å². The van der Waals surface area contributed by atoms with Crippen molar-refractivity contribution in [3.63, 3.8) is 0 Å². The lowest BCUT2D eigenvalue weighted by atomic mass is 9.97. The van der Waals surface area contributed by atoms with Crippen LogP contribution in [0.1, 0.15) is 24.7 Å². The predicted octanol–water partition coefficient (Wildman–Crippen LogP) is 0.953. The molecule has 178 valence electrons. The summed E-state index contributed by atoms with van der Waals surface area (Å²) in [5.41, 5.74) is -0.324. The van der Waals surface area contributed by atoms with Crippen molar-refractivity contribution < 1.29 is 47.7 Å². The van der Waals surface area contributed by atoms with Gasteiger partial charge in [0.15, 0.2) is 0 Å². The highest BCUT2D eigenvalue weighted by molar-refractivity contribution is 5.96. The zero-order valence-electron chi connectivity index (χ0n) is 17.5. The number of aliphatic carboxylic acids is 3. The molecule has 2 atom stereocenters. The van der Waals surface area contributed by atoms with Crippen LogP contribution in [0.3, 0.4) is 0 Å². The number of likely N-dealkylation sites (tertiary alicyclic amines) is 1. The van der Waals surface area contributed by atoms with Gasteiger partial charge in [-0.1, -0.05) is 0 Å². The summed E-state index contributed by atoms with van der Waals surface area (Å²) in [5.74, 6) is -5.26. The van der Waals surface area contributed by atoms with Crippen molar-refractivity contribution in [3.8, 4) is 0 Å². The fourth-order valence-electron chi connectivity index (χ4n) is 4.08. The van der Waals surface area contributed by atoms with Crippen LogP contribution in [0, 0.1) is 24.7 Å². The lowest BCUT2D eigenvalue weighted by molar-refractivity contribution is -0.192. The molecule has 0 aromatic carbocycles. The van der Waals surface area contributed by atoms with E-state index in [0.29, 0.717) is 17.9 Å². The fraction of sp³-hybridized carbons (Fsp3) is 0.611. The molecule has 1 saturated carbocycles. The van der Waals surface area contributed by atoms with Crippen LogP contribution in [0.25, 0.3) is 0 Å². The van der Waals surface area contributed by atoms with E-state index in [4.69, 9.17) is 9.90 Å². The average Bonchev–Trinajstić information content (AvgIpc) is 3.10. The van der Waals surface area contributed by atoms with Crippen LogP contribution < -0.4 is 5.32 Å². The van der Waals surface area contributed by atoms with Gasteiger partial charge < -0.3 is 20.6 Å². The predicted molar refractivity (Wildman–Crippen MR) is 101 cm³/mol. The minimum atomic E-state index is -5.08. The number of halogens is 3. The van der Waals surface area contributed by atoms with Crippen LogP contribution in [0.5, 0.6) is 0 Å². The third-order valence-electron chi connectivity index (χ3n) is 5.76. The van der Waals surface area contributed by atoms with Crippen LogP contribution in [0.15, 0.2) is 0 Å². The Bertz CT molecular complexity index is 933. The van der Waals surface area contributed by atoms with Crippen molar-refractivity contribution in [2.24, 2.45) is 10.8 Å². The van der Waals surface area contributed by atoms with E-state index in [-0.39, 0.29) is 32.0 Å². The Balaban J connectivity index is 0.000000451. The Hall–Kier alpha value is -3.16. The molecular formula is C18H23F3N4O7. The van der Waals surface area contributed by atoms with Crippen LogP contribution in [-0.2, 0) is 25.7 Å². The Kier molecular flexibility index (Phi) is 6.60. The molecule has 2 aliphatic rings. The molecule has 1 aliphatic carbocycles. The third kappa shape index (κ3) is 4.40. The summed E-state index contributed by atoms with van der Waals surface area (Å²) in [5, 5.41) is 33.1. The number of piperidine rings is 1. The number of carbonyl (C=O) groups is 4. The minimum Gasteiger partial charge on any atom is -0.481 e. The first-order chi connectivity index (χ1) is 14.6. The second-order valence-corrected chi connectivity index (χ2v) is 7.81. The summed E-state index contributed by atoms with van der Waals surface area (Å²) in [4.78, 5) is 45.9. The van der Waals surface area contributed by atoms with Gasteiger partial charge in [0.1, 0.15) is 0 Å². The van der Waals surface area contributed by atoms with Gasteiger partial charge in [0.2, 0.25) is 5.91 Å². The Morgan fingerprint density at radius 3 is 1.88 bits per heavy atom. The number of alkyl halides is 3. The molecule has 32 heavy (non-hydrogen) atoms. The number of fused-ring (bicyclic) bond motifs is 1. The first-order valence-corrected chi connectivity index (χ1v) is 9.44. The van der Waals surface area contributed by atoms with Gasteiger partial charge in [-0.15, -0.1) is 0 Å². The van der Waals surface area contributed by atoms with Gasteiger partial charge >= 0.3 is 24.1 Å². The smallest absolute Gasteiger partial charge is 0.481 e. The lowest BCUT2D eigenvalue weighted by Crippen LogP contribution is -2.36. The Labute approximate surface area is 179 Å². The first kappa shape index (κ1) is 25.1. The monoisotopic (exact) mass is 464 g/mol. The van der Waals surface area contributed by atoms with Crippen molar-refractivity contribution in [2.45, 2.75) is 39.9 Å². The number of carboxylic acid groups (broad SMARTS) is 3. The number of amides is 1. The number of hydrogen-bond donors (Lipinski definition) is 4. The number of anilines is 1.